The molecule has 2 aromatic rings. The molecule has 2 aromatic carbocycles. The summed E-state index contributed by atoms with van der Waals surface area (Å²) in [5, 5.41) is 14.0. The SMILES string of the molecule is C[SiH2]c1cc2ccccc2c(/C=N/C2CCCCC2)c1O. The van der Waals surface area contributed by atoms with Crippen molar-refractivity contribution >= 4 is 31.7 Å². The van der Waals surface area contributed by atoms with Gasteiger partial charge in [-0.25, -0.2) is 0 Å². The molecule has 1 aliphatic rings. The number of nitrogens with zero attached hydrogens (tertiary/aromatic N) is 1. The first-order valence-electron chi connectivity index (χ1n) is 8.06. The molecule has 0 amide bonds. The van der Waals surface area contributed by atoms with E-state index in [1.54, 1.807) is 0 Å². The summed E-state index contributed by atoms with van der Waals surface area (Å²) in [6.07, 6.45) is 8.24. The Morgan fingerprint density at radius 1 is 1.19 bits per heavy atom. The Balaban J connectivity index is 2.02. The molecule has 0 bridgehead atoms. The van der Waals surface area contributed by atoms with Gasteiger partial charge in [0.05, 0.1) is 9.52 Å². The molecular weight excluding hydrogens is 274 g/mol. The molecule has 1 fully saturated rings. The third kappa shape index (κ3) is 3.03. The Labute approximate surface area is 128 Å². The second-order valence-electron chi connectivity index (χ2n) is 5.94. The number of aromatic hydroxyl groups is 1. The van der Waals surface area contributed by atoms with Crippen LogP contribution >= 0.6 is 0 Å². The lowest BCUT2D eigenvalue weighted by Gasteiger charge is -2.17. The fraction of sp³-hybridized carbons (Fsp3) is 0.389. The van der Waals surface area contributed by atoms with E-state index < -0.39 is 9.52 Å². The number of aliphatic imine (C=N–C) groups is 1. The van der Waals surface area contributed by atoms with Gasteiger partial charge in [-0.3, -0.25) is 4.99 Å². The van der Waals surface area contributed by atoms with E-state index in [-0.39, 0.29) is 0 Å². The van der Waals surface area contributed by atoms with Crippen LogP contribution in [0.3, 0.4) is 0 Å². The zero-order chi connectivity index (χ0) is 14.7. The summed E-state index contributed by atoms with van der Waals surface area (Å²) in [5.41, 5.74) is 0.919. The first-order chi connectivity index (χ1) is 10.3. The van der Waals surface area contributed by atoms with Crippen LogP contribution in [0.15, 0.2) is 35.3 Å². The van der Waals surface area contributed by atoms with Crippen molar-refractivity contribution in [1.29, 1.82) is 0 Å². The molecule has 1 saturated carbocycles. The minimum atomic E-state index is -0.399. The Kier molecular flexibility index (Phi) is 4.39. The zero-order valence-electron chi connectivity index (χ0n) is 12.7. The highest BCUT2D eigenvalue weighted by Gasteiger charge is 2.13. The maximum atomic E-state index is 10.6. The van der Waals surface area contributed by atoms with E-state index in [1.807, 2.05) is 12.3 Å². The van der Waals surface area contributed by atoms with Crippen LogP contribution in [0.5, 0.6) is 5.75 Å². The molecule has 0 unspecified atom stereocenters. The van der Waals surface area contributed by atoms with E-state index in [4.69, 9.17) is 4.99 Å². The average Bonchev–Trinajstić information content (AvgIpc) is 2.54. The van der Waals surface area contributed by atoms with Gasteiger partial charge in [0.2, 0.25) is 0 Å². The van der Waals surface area contributed by atoms with Crippen LogP contribution in [0.25, 0.3) is 10.8 Å². The molecule has 0 aromatic heterocycles. The van der Waals surface area contributed by atoms with Gasteiger partial charge in [0, 0.05) is 17.8 Å². The summed E-state index contributed by atoms with van der Waals surface area (Å²) in [6.45, 7) is 2.21. The highest BCUT2D eigenvalue weighted by molar-refractivity contribution is 6.54. The van der Waals surface area contributed by atoms with Crippen molar-refractivity contribution in [3.8, 4) is 5.75 Å². The second kappa shape index (κ2) is 6.44. The molecule has 0 radical (unpaired) electrons. The molecule has 0 heterocycles. The molecule has 0 spiro atoms. The first kappa shape index (κ1) is 14.3. The number of phenolic OH excluding ortho intramolecular Hbond substituents is 1. The first-order valence-corrected chi connectivity index (χ1v) is 10.2. The van der Waals surface area contributed by atoms with Crippen molar-refractivity contribution in [1.82, 2.24) is 0 Å². The molecule has 110 valence electrons. The molecular formula is C18H23NOSi. The third-order valence-electron chi connectivity index (χ3n) is 4.51. The minimum absolute atomic E-state index is 0.399. The van der Waals surface area contributed by atoms with E-state index in [1.165, 1.54) is 37.5 Å². The minimum Gasteiger partial charge on any atom is -0.507 e. The molecule has 0 atom stereocenters. The van der Waals surface area contributed by atoms with E-state index in [0.717, 1.165) is 16.1 Å². The predicted molar refractivity (Wildman–Crippen MR) is 94.1 cm³/mol. The lowest BCUT2D eigenvalue weighted by Crippen LogP contribution is -2.14. The van der Waals surface area contributed by atoms with Crippen LogP contribution in [0.2, 0.25) is 6.55 Å². The van der Waals surface area contributed by atoms with Crippen molar-refractivity contribution in [3.05, 3.63) is 35.9 Å². The molecule has 1 aliphatic carbocycles. The Morgan fingerprint density at radius 3 is 2.71 bits per heavy atom. The molecule has 0 aliphatic heterocycles. The van der Waals surface area contributed by atoms with Crippen molar-refractivity contribution in [2.75, 3.05) is 0 Å². The van der Waals surface area contributed by atoms with Gasteiger partial charge in [0.1, 0.15) is 5.75 Å². The summed E-state index contributed by atoms with van der Waals surface area (Å²) in [5.74, 6) is 0.461. The van der Waals surface area contributed by atoms with Gasteiger partial charge in [-0.05, 0) is 28.8 Å². The van der Waals surface area contributed by atoms with Crippen LogP contribution in [-0.2, 0) is 0 Å². The zero-order valence-corrected chi connectivity index (χ0v) is 14.1. The van der Waals surface area contributed by atoms with Crippen molar-refractivity contribution < 1.29 is 5.11 Å². The Bertz CT molecular complexity index is 660. The Morgan fingerprint density at radius 2 is 1.95 bits per heavy atom. The molecule has 1 N–H and O–H groups in total. The van der Waals surface area contributed by atoms with Gasteiger partial charge in [-0.2, -0.15) is 0 Å². The second-order valence-corrected chi connectivity index (χ2v) is 7.41. The quantitative estimate of drug-likeness (QED) is 0.685. The van der Waals surface area contributed by atoms with E-state index >= 15 is 0 Å². The summed E-state index contributed by atoms with van der Waals surface area (Å²) >= 11 is 0. The molecule has 0 saturated heterocycles. The number of fused-ring (bicyclic) bond motifs is 1. The molecule has 21 heavy (non-hydrogen) atoms. The summed E-state index contributed by atoms with van der Waals surface area (Å²) in [7, 11) is -0.399. The summed E-state index contributed by atoms with van der Waals surface area (Å²) in [4.78, 5) is 4.77. The van der Waals surface area contributed by atoms with Crippen LogP contribution in [0.1, 0.15) is 37.7 Å². The van der Waals surface area contributed by atoms with Crippen LogP contribution in [0.4, 0.5) is 0 Å². The number of rotatable bonds is 3. The van der Waals surface area contributed by atoms with E-state index in [2.05, 4.69) is 30.8 Å². The van der Waals surface area contributed by atoms with Gasteiger partial charge in [-0.1, -0.05) is 56.1 Å². The van der Waals surface area contributed by atoms with Gasteiger partial charge in [0.25, 0.3) is 0 Å². The van der Waals surface area contributed by atoms with E-state index in [9.17, 15) is 5.11 Å². The fourth-order valence-corrected chi connectivity index (χ4v) is 4.18. The topological polar surface area (TPSA) is 32.6 Å². The van der Waals surface area contributed by atoms with Gasteiger partial charge < -0.3 is 5.11 Å². The van der Waals surface area contributed by atoms with Crippen LogP contribution in [-0.4, -0.2) is 26.9 Å². The van der Waals surface area contributed by atoms with E-state index in [0.29, 0.717) is 11.8 Å². The number of phenols is 1. The monoisotopic (exact) mass is 297 g/mol. The highest BCUT2D eigenvalue weighted by atomic mass is 28.2. The van der Waals surface area contributed by atoms with Crippen molar-refractivity contribution in [3.63, 3.8) is 0 Å². The fourth-order valence-electron chi connectivity index (χ4n) is 3.24. The number of benzene rings is 2. The number of hydrogen-bond donors (Lipinski definition) is 1. The smallest absolute Gasteiger partial charge is 0.123 e. The van der Waals surface area contributed by atoms with Crippen LogP contribution < -0.4 is 5.19 Å². The Hall–Kier alpha value is -1.61. The molecule has 2 nitrogen and oxygen atoms in total. The standard InChI is InChI=1S/C18H23NOSi/c1-21-17-11-13-7-5-6-10-15(13)16(18(17)20)12-19-14-8-3-2-4-9-14/h5-7,10-12,14,20H,2-4,8-9,21H2,1H3/b19-12+. The molecule has 3 heteroatoms. The van der Waals surface area contributed by atoms with Crippen molar-refractivity contribution in [2.24, 2.45) is 4.99 Å². The number of hydrogen-bond acceptors (Lipinski definition) is 2. The lowest BCUT2D eigenvalue weighted by molar-refractivity contribution is 0.444. The largest absolute Gasteiger partial charge is 0.507 e. The van der Waals surface area contributed by atoms with Crippen LogP contribution in [0, 0.1) is 0 Å². The third-order valence-corrected chi connectivity index (χ3v) is 5.81. The maximum absolute atomic E-state index is 10.6. The average molecular weight is 297 g/mol. The lowest BCUT2D eigenvalue weighted by atomic mass is 9.96. The predicted octanol–water partition coefficient (Wildman–Crippen LogP) is 3.14. The normalized spacial score (nSPS) is 17.4. The summed E-state index contributed by atoms with van der Waals surface area (Å²) < 4.78 is 0. The molecule has 3 rings (SSSR count). The van der Waals surface area contributed by atoms with Gasteiger partial charge >= 0.3 is 0 Å². The highest BCUT2D eigenvalue weighted by Crippen LogP contribution is 2.25. The van der Waals surface area contributed by atoms with Gasteiger partial charge in [0.15, 0.2) is 0 Å². The summed E-state index contributed by atoms with van der Waals surface area (Å²) in [6, 6.07) is 10.9. The maximum Gasteiger partial charge on any atom is 0.123 e. The van der Waals surface area contributed by atoms with Crippen molar-refractivity contribution in [2.45, 2.75) is 44.7 Å². The van der Waals surface area contributed by atoms with Gasteiger partial charge in [-0.15, -0.1) is 0 Å².